The van der Waals surface area contributed by atoms with Crippen LogP contribution in [0.15, 0.2) is 30.5 Å². The molecule has 2 aromatic rings. The zero-order chi connectivity index (χ0) is 30.4. The van der Waals surface area contributed by atoms with Gasteiger partial charge in [0.1, 0.15) is 18.1 Å². The van der Waals surface area contributed by atoms with Crippen molar-refractivity contribution in [2.75, 3.05) is 18.6 Å². The molecule has 41 heavy (non-hydrogen) atoms. The first kappa shape index (κ1) is 33.6. The van der Waals surface area contributed by atoms with Gasteiger partial charge in [0.2, 0.25) is 17.7 Å². The van der Waals surface area contributed by atoms with E-state index in [9.17, 15) is 29.1 Å². The largest absolute Gasteiger partial charge is 0.481 e. The lowest BCUT2D eigenvalue weighted by molar-refractivity contribution is -0.142. The van der Waals surface area contributed by atoms with Gasteiger partial charge in [0, 0.05) is 29.9 Å². The summed E-state index contributed by atoms with van der Waals surface area (Å²) < 4.78 is 0. The summed E-state index contributed by atoms with van der Waals surface area (Å²) in [6.45, 7) is 0.399. The molecule has 4 atom stereocenters. The summed E-state index contributed by atoms with van der Waals surface area (Å²) in [5.41, 5.74) is 12.9. The summed E-state index contributed by atoms with van der Waals surface area (Å²) in [7, 11) is 0. The summed E-state index contributed by atoms with van der Waals surface area (Å²) in [6.07, 6.45) is 4.70. The van der Waals surface area contributed by atoms with Gasteiger partial charge in [-0.05, 0) is 62.3 Å². The van der Waals surface area contributed by atoms with Crippen LogP contribution in [0.25, 0.3) is 10.9 Å². The predicted molar refractivity (Wildman–Crippen MR) is 156 cm³/mol. The Hall–Kier alpha value is -3.62. The minimum absolute atomic E-state index is 0.0565. The highest BCUT2D eigenvalue weighted by molar-refractivity contribution is 7.98. The van der Waals surface area contributed by atoms with Crippen molar-refractivity contribution in [1.29, 1.82) is 0 Å². The molecule has 2 rings (SSSR count). The Balaban J connectivity index is 2.25. The highest BCUT2D eigenvalue weighted by Gasteiger charge is 2.30. The number of carboxylic acid groups (broad SMARTS) is 2. The van der Waals surface area contributed by atoms with Crippen LogP contribution >= 0.6 is 11.8 Å². The molecule has 1 heterocycles. The number of amides is 3. The number of hydrogen-bond acceptors (Lipinski definition) is 8. The van der Waals surface area contributed by atoms with Crippen LogP contribution in [-0.4, -0.2) is 87.6 Å². The summed E-state index contributed by atoms with van der Waals surface area (Å²) in [5.74, 6) is -3.81. The Bertz CT molecular complexity index is 1190. The molecule has 0 fully saturated rings. The quantitative estimate of drug-likeness (QED) is 0.104. The normalized spacial score (nSPS) is 14.0. The van der Waals surface area contributed by atoms with Gasteiger partial charge in [-0.15, -0.1) is 0 Å². The SMILES string of the molecule is CSCCC(NC(=O)C(Cc1c[nH]c2ccccc12)NC(=O)C(N)CCC(=O)O)C(=O)NC(CCCCN)C(=O)O. The molecule has 0 aliphatic carbocycles. The number of nitrogens with one attached hydrogen (secondary N) is 4. The van der Waals surface area contributed by atoms with Gasteiger partial charge in [-0.3, -0.25) is 19.2 Å². The van der Waals surface area contributed by atoms with Gasteiger partial charge >= 0.3 is 11.9 Å². The maximum Gasteiger partial charge on any atom is 0.326 e. The maximum atomic E-state index is 13.6. The molecule has 14 heteroatoms. The fourth-order valence-electron chi connectivity index (χ4n) is 4.22. The number of rotatable bonds is 19. The number of H-pyrrole nitrogens is 1. The smallest absolute Gasteiger partial charge is 0.326 e. The van der Waals surface area contributed by atoms with Crippen molar-refractivity contribution < 1.29 is 34.2 Å². The molecular formula is C27H40N6O7S. The second-order valence-electron chi connectivity index (χ2n) is 9.69. The highest BCUT2D eigenvalue weighted by Crippen LogP contribution is 2.19. The van der Waals surface area contributed by atoms with Crippen molar-refractivity contribution in [3.63, 3.8) is 0 Å². The Labute approximate surface area is 242 Å². The Kier molecular flexibility index (Phi) is 14.1. The Morgan fingerprint density at radius 3 is 2.22 bits per heavy atom. The molecule has 1 aromatic heterocycles. The second kappa shape index (κ2) is 17.3. The van der Waals surface area contributed by atoms with Gasteiger partial charge in [0.15, 0.2) is 0 Å². The number of aliphatic carboxylic acids is 2. The summed E-state index contributed by atoms with van der Waals surface area (Å²) in [4.78, 5) is 65.3. The average molecular weight is 593 g/mol. The number of fused-ring (bicyclic) bond motifs is 1. The first-order valence-corrected chi connectivity index (χ1v) is 14.8. The number of nitrogens with two attached hydrogens (primary N) is 2. The zero-order valence-electron chi connectivity index (χ0n) is 23.1. The minimum atomic E-state index is -1.19. The molecule has 0 bridgehead atoms. The van der Waals surface area contributed by atoms with Gasteiger partial charge in [0.05, 0.1) is 6.04 Å². The third-order valence-electron chi connectivity index (χ3n) is 6.54. The van der Waals surface area contributed by atoms with E-state index >= 15 is 0 Å². The Morgan fingerprint density at radius 2 is 1.56 bits per heavy atom. The average Bonchev–Trinajstić information content (AvgIpc) is 3.35. The number of carboxylic acids is 2. The molecule has 0 spiro atoms. The summed E-state index contributed by atoms with van der Waals surface area (Å²) >= 11 is 1.45. The van der Waals surface area contributed by atoms with Gasteiger partial charge < -0.3 is 42.6 Å². The first-order valence-electron chi connectivity index (χ1n) is 13.4. The van der Waals surface area contributed by atoms with E-state index in [0.29, 0.717) is 25.1 Å². The van der Waals surface area contributed by atoms with Gasteiger partial charge in [-0.25, -0.2) is 4.79 Å². The van der Waals surface area contributed by atoms with Gasteiger partial charge in [-0.2, -0.15) is 11.8 Å². The summed E-state index contributed by atoms with van der Waals surface area (Å²) in [6, 6.07) is 2.90. The van der Waals surface area contributed by atoms with E-state index in [0.717, 1.165) is 16.5 Å². The van der Waals surface area contributed by atoms with E-state index in [1.165, 1.54) is 11.8 Å². The monoisotopic (exact) mass is 592 g/mol. The van der Waals surface area contributed by atoms with Crippen LogP contribution in [0.5, 0.6) is 0 Å². The van der Waals surface area contributed by atoms with Crippen molar-refractivity contribution in [3.8, 4) is 0 Å². The number of carbonyl (C=O) groups is 5. The molecule has 1 aromatic carbocycles. The van der Waals surface area contributed by atoms with Crippen LogP contribution in [0.4, 0.5) is 0 Å². The molecule has 0 saturated heterocycles. The molecule has 10 N–H and O–H groups in total. The third-order valence-corrected chi connectivity index (χ3v) is 7.19. The van der Waals surface area contributed by atoms with Crippen LogP contribution in [0, 0.1) is 0 Å². The van der Waals surface area contributed by atoms with E-state index in [2.05, 4.69) is 20.9 Å². The van der Waals surface area contributed by atoms with Crippen LogP contribution in [-0.2, 0) is 30.4 Å². The lowest BCUT2D eigenvalue weighted by Gasteiger charge is -2.25. The molecule has 3 amide bonds. The lowest BCUT2D eigenvalue weighted by atomic mass is 10.0. The van der Waals surface area contributed by atoms with Crippen LogP contribution in [0.2, 0.25) is 0 Å². The fraction of sp³-hybridized carbons (Fsp3) is 0.519. The van der Waals surface area contributed by atoms with E-state index < -0.39 is 53.8 Å². The van der Waals surface area contributed by atoms with Crippen molar-refractivity contribution >= 4 is 52.3 Å². The van der Waals surface area contributed by atoms with Crippen molar-refractivity contribution in [2.24, 2.45) is 11.5 Å². The third kappa shape index (κ3) is 11.1. The number of carbonyl (C=O) groups excluding carboxylic acids is 3. The number of aromatic amines is 1. The van der Waals surface area contributed by atoms with E-state index in [-0.39, 0.29) is 32.1 Å². The Morgan fingerprint density at radius 1 is 0.902 bits per heavy atom. The fourth-order valence-corrected chi connectivity index (χ4v) is 4.69. The summed E-state index contributed by atoms with van der Waals surface area (Å²) in [5, 5.41) is 27.1. The van der Waals surface area contributed by atoms with Gasteiger partial charge in [-0.1, -0.05) is 18.2 Å². The van der Waals surface area contributed by atoms with Crippen LogP contribution < -0.4 is 27.4 Å². The van der Waals surface area contributed by atoms with Crippen molar-refractivity contribution in [1.82, 2.24) is 20.9 Å². The molecule has 0 saturated carbocycles. The standard InChI is InChI=1S/C27H40N6O7S/c1-41-13-11-20(25(37)32-21(27(39)40)8-4-5-12-28)31-26(38)22(33-24(36)18(29)9-10-23(34)35)14-16-15-30-19-7-3-2-6-17(16)19/h2-3,6-7,15,18,20-22,30H,4-5,8-14,28-29H2,1H3,(H,31,38)(H,32,37)(H,33,36)(H,34,35)(H,39,40). The molecular weight excluding hydrogens is 552 g/mol. The van der Waals surface area contributed by atoms with Gasteiger partial charge in [0.25, 0.3) is 0 Å². The number of unbranched alkanes of at least 4 members (excludes halogenated alkanes) is 1. The highest BCUT2D eigenvalue weighted by atomic mass is 32.2. The number of hydrogen-bond donors (Lipinski definition) is 8. The minimum Gasteiger partial charge on any atom is -0.481 e. The number of thioether (sulfide) groups is 1. The van der Waals surface area contributed by atoms with Crippen molar-refractivity contribution in [3.05, 3.63) is 36.0 Å². The lowest BCUT2D eigenvalue weighted by Crippen LogP contribution is -2.57. The van der Waals surface area contributed by atoms with E-state index in [1.807, 2.05) is 30.5 Å². The van der Waals surface area contributed by atoms with Crippen LogP contribution in [0.1, 0.15) is 44.1 Å². The molecule has 0 aliphatic rings. The van der Waals surface area contributed by atoms with E-state index in [4.69, 9.17) is 16.6 Å². The number of para-hydroxylation sites is 1. The molecule has 226 valence electrons. The maximum absolute atomic E-state index is 13.6. The zero-order valence-corrected chi connectivity index (χ0v) is 23.9. The second-order valence-corrected chi connectivity index (χ2v) is 10.7. The predicted octanol–water partition coefficient (Wildman–Crippen LogP) is 0.324. The topological polar surface area (TPSA) is 230 Å². The number of aromatic nitrogens is 1. The molecule has 4 unspecified atom stereocenters. The number of benzene rings is 1. The van der Waals surface area contributed by atoms with E-state index in [1.54, 1.807) is 6.20 Å². The molecule has 0 aliphatic heterocycles. The van der Waals surface area contributed by atoms with Crippen LogP contribution in [0.3, 0.4) is 0 Å². The first-order chi connectivity index (χ1) is 19.6. The molecule has 13 nitrogen and oxygen atoms in total. The van der Waals surface area contributed by atoms with Crippen molar-refractivity contribution in [2.45, 2.75) is 69.1 Å². The molecule has 0 radical (unpaired) electrons.